The van der Waals surface area contributed by atoms with Gasteiger partial charge in [-0.05, 0) is 49.7 Å². The number of hydrogen-bond acceptors (Lipinski definition) is 2. The maximum Gasteiger partial charge on any atom is 0.253 e. The Kier molecular flexibility index (Phi) is 5.80. The van der Waals surface area contributed by atoms with E-state index in [9.17, 15) is 4.79 Å². The largest absolute Gasteiger partial charge is 0.342 e. The molecule has 4 rings (SSSR count). The maximum atomic E-state index is 12.8. The second-order valence-corrected chi connectivity index (χ2v) is 8.19. The van der Waals surface area contributed by atoms with E-state index in [0.29, 0.717) is 22.2 Å². The fourth-order valence-electron chi connectivity index (χ4n) is 3.48. The van der Waals surface area contributed by atoms with E-state index in [1.54, 1.807) is 18.2 Å². The van der Waals surface area contributed by atoms with Gasteiger partial charge < -0.3 is 9.88 Å². The summed E-state index contributed by atoms with van der Waals surface area (Å²) in [5.74, 6) is 0.522. The lowest BCUT2D eigenvalue weighted by Gasteiger charge is -2.17. The summed E-state index contributed by atoms with van der Waals surface area (Å²) < 4.78 is 2.15. The van der Waals surface area contributed by atoms with E-state index in [1.165, 1.54) is 11.1 Å². The average molecular weight is 438 g/mol. The molecular formula is C24H21Cl2N3O. The number of nitrogens with zero attached hydrogens (tertiary/aromatic N) is 2. The summed E-state index contributed by atoms with van der Waals surface area (Å²) in [7, 11) is 0. The third kappa shape index (κ3) is 4.20. The summed E-state index contributed by atoms with van der Waals surface area (Å²) in [6.45, 7) is 4.66. The number of aryl methyl sites for hydroxylation is 1. The second-order valence-electron chi connectivity index (χ2n) is 7.35. The van der Waals surface area contributed by atoms with Crippen LogP contribution in [0.5, 0.6) is 0 Å². The Morgan fingerprint density at radius 1 is 1.07 bits per heavy atom. The predicted octanol–water partition coefficient (Wildman–Crippen LogP) is 6.19. The minimum Gasteiger partial charge on any atom is -0.342 e. The molecule has 0 aliphatic rings. The van der Waals surface area contributed by atoms with Crippen LogP contribution in [0.15, 0.2) is 66.7 Å². The molecule has 0 saturated carbocycles. The molecule has 1 amide bonds. The van der Waals surface area contributed by atoms with Gasteiger partial charge in [0.05, 0.1) is 27.7 Å². The SMILES string of the molecule is Cc1ccc(Cn2c(C(C)NC(=O)c3ccc(Cl)cc3Cl)nc3ccccc32)cc1. The van der Waals surface area contributed by atoms with E-state index in [1.807, 2.05) is 31.2 Å². The Balaban J connectivity index is 1.67. The van der Waals surface area contributed by atoms with Gasteiger partial charge in [-0.25, -0.2) is 4.98 Å². The zero-order valence-electron chi connectivity index (χ0n) is 16.7. The van der Waals surface area contributed by atoms with Crippen LogP contribution in [-0.4, -0.2) is 15.5 Å². The van der Waals surface area contributed by atoms with Gasteiger partial charge in [-0.1, -0.05) is 65.2 Å². The standard InChI is InChI=1S/C24H21Cl2N3O/c1-15-7-9-17(10-8-15)14-29-22-6-4-3-5-21(22)28-23(29)16(2)27-24(30)19-12-11-18(25)13-20(19)26/h3-13,16H,14H2,1-2H3,(H,27,30). The molecule has 1 atom stereocenters. The number of fused-ring (bicyclic) bond motifs is 1. The van der Waals surface area contributed by atoms with Crippen molar-refractivity contribution in [3.63, 3.8) is 0 Å². The minimum absolute atomic E-state index is 0.266. The number of halogens is 2. The van der Waals surface area contributed by atoms with Crippen molar-refractivity contribution in [2.75, 3.05) is 0 Å². The summed E-state index contributed by atoms with van der Waals surface area (Å²) >= 11 is 12.1. The normalized spacial score (nSPS) is 12.1. The first-order valence-electron chi connectivity index (χ1n) is 9.69. The fourth-order valence-corrected chi connectivity index (χ4v) is 3.97. The molecule has 0 aliphatic heterocycles. The molecule has 0 radical (unpaired) electrons. The summed E-state index contributed by atoms with van der Waals surface area (Å²) in [5.41, 5.74) is 4.69. The molecule has 0 aliphatic carbocycles. The predicted molar refractivity (Wildman–Crippen MR) is 122 cm³/mol. The number of carbonyl (C=O) groups is 1. The van der Waals surface area contributed by atoms with Crippen molar-refractivity contribution in [3.8, 4) is 0 Å². The van der Waals surface area contributed by atoms with Crippen LogP contribution < -0.4 is 5.32 Å². The van der Waals surface area contributed by atoms with Crippen molar-refractivity contribution in [1.29, 1.82) is 0 Å². The molecule has 0 bridgehead atoms. The lowest BCUT2D eigenvalue weighted by atomic mass is 10.1. The highest BCUT2D eigenvalue weighted by Crippen LogP contribution is 2.25. The molecule has 152 valence electrons. The van der Waals surface area contributed by atoms with E-state index in [-0.39, 0.29) is 11.9 Å². The van der Waals surface area contributed by atoms with Crippen LogP contribution >= 0.6 is 23.2 Å². The van der Waals surface area contributed by atoms with Crippen LogP contribution in [0.1, 0.15) is 40.3 Å². The molecule has 0 spiro atoms. The number of nitrogens with one attached hydrogen (secondary N) is 1. The Labute approximate surface area is 185 Å². The zero-order chi connectivity index (χ0) is 21.3. The van der Waals surface area contributed by atoms with Gasteiger partial charge in [0.15, 0.2) is 0 Å². The third-order valence-electron chi connectivity index (χ3n) is 5.06. The fraction of sp³-hybridized carbons (Fsp3) is 0.167. The molecule has 30 heavy (non-hydrogen) atoms. The van der Waals surface area contributed by atoms with Crippen molar-refractivity contribution < 1.29 is 4.79 Å². The van der Waals surface area contributed by atoms with Gasteiger partial charge in [0.2, 0.25) is 0 Å². The smallest absolute Gasteiger partial charge is 0.253 e. The first-order valence-corrected chi connectivity index (χ1v) is 10.4. The number of imidazole rings is 1. The Morgan fingerprint density at radius 3 is 2.53 bits per heavy atom. The minimum atomic E-state index is -0.318. The number of aromatic nitrogens is 2. The molecule has 0 fully saturated rings. The lowest BCUT2D eigenvalue weighted by molar-refractivity contribution is 0.0938. The summed E-state index contributed by atoms with van der Waals surface area (Å²) in [6, 6.07) is 20.9. The van der Waals surface area contributed by atoms with E-state index in [2.05, 4.69) is 41.1 Å². The molecule has 1 aromatic heterocycles. The topological polar surface area (TPSA) is 46.9 Å². The van der Waals surface area contributed by atoms with E-state index >= 15 is 0 Å². The van der Waals surface area contributed by atoms with Gasteiger partial charge in [0.1, 0.15) is 5.82 Å². The molecule has 1 unspecified atom stereocenters. The van der Waals surface area contributed by atoms with Gasteiger partial charge in [-0.2, -0.15) is 0 Å². The van der Waals surface area contributed by atoms with Crippen LogP contribution in [0.3, 0.4) is 0 Å². The van der Waals surface area contributed by atoms with Crippen LogP contribution in [0.4, 0.5) is 0 Å². The maximum absolute atomic E-state index is 12.8. The van der Waals surface area contributed by atoms with Gasteiger partial charge in [-0.15, -0.1) is 0 Å². The number of amides is 1. The highest BCUT2D eigenvalue weighted by atomic mass is 35.5. The molecule has 1 N–H and O–H groups in total. The van der Waals surface area contributed by atoms with Crippen LogP contribution in [-0.2, 0) is 6.54 Å². The Bertz CT molecular complexity index is 1220. The summed E-state index contributed by atoms with van der Waals surface area (Å²) in [6.07, 6.45) is 0. The van der Waals surface area contributed by atoms with Crippen LogP contribution in [0, 0.1) is 6.92 Å². The molecular weight excluding hydrogens is 417 g/mol. The number of rotatable bonds is 5. The highest BCUT2D eigenvalue weighted by Gasteiger charge is 2.20. The van der Waals surface area contributed by atoms with Crippen molar-refractivity contribution in [2.24, 2.45) is 0 Å². The average Bonchev–Trinajstić information content (AvgIpc) is 3.08. The molecule has 6 heteroatoms. The molecule has 0 saturated heterocycles. The Hall–Kier alpha value is -2.82. The van der Waals surface area contributed by atoms with E-state index in [0.717, 1.165) is 16.9 Å². The quantitative estimate of drug-likeness (QED) is 0.404. The molecule has 4 aromatic rings. The zero-order valence-corrected chi connectivity index (χ0v) is 18.2. The third-order valence-corrected chi connectivity index (χ3v) is 5.60. The highest BCUT2D eigenvalue weighted by molar-refractivity contribution is 6.36. The van der Waals surface area contributed by atoms with Crippen molar-refractivity contribution in [3.05, 3.63) is 99.3 Å². The number of benzene rings is 3. The van der Waals surface area contributed by atoms with Gasteiger partial charge in [0, 0.05) is 11.6 Å². The van der Waals surface area contributed by atoms with Gasteiger partial charge >= 0.3 is 0 Å². The van der Waals surface area contributed by atoms with Gasteiger partial charge in [-0.3, -0.25) is 4.79 Å². The van der Waals surface area contributed by atoms with Crippen LogP contribution in [0.25, 0.3) is 11.0 Å². The van der Waals surface area contributed by atoms with Crippen molar-refractivity contribution >= 4 is 40.1 Å². The van der Waals surface area contributed by atoms with E-state index < -0.39 is 0 Å². The van der Waals surface area contributed by atoms with Gasteiger partial charge in [0.25, 0.3) is 5.91 Å². The van der Waals surface area contributed by atoms with Crippen molar-refractivity contribution in [2.45, 2.75) is 26.4 Å². The molecule has 3 aromatic carbocycles. The number of hydrogen-bond donors (Lipinski definition) is 1. The lowest BCUT2D eigenvalue weighted by Crippen LogP contribution is -2.29. The second kappa shape index (κ2) is 8.50. The molecule has 4 nitrogen and oxygen atoms in total. The summed E-state index contributed by atoms with van der Waals surface area (Å²) in [5, 5.41) is 3.83. The monoisotopic (exact) mass is 437 g/mol. The summed E-state index contributed by atoms with van der Waals surface area (Å²) in [4.78, 5) is 17.6. The first-order chi connectivity index (χ1) is 14.4. The van der Waals surface area contributed by atoms with Crippen LogP contribution in [0.2, 0.25) is 10.0 Å². The first kappa shape index (κ1) is 20.5. The number of para-hydroxylation sites is 2. The molecule has 1 heterocycles. The van der Waals surface area contributed by atoms with E-state index in [4.69, 9.17) is 28.2 Å². The Morgan fingerprint density at radius 2 is 1.80 bits per heavy atom. The number of carbonyl (C=O) groups excluding carboxylic acids is 1. The van der Waals surface area contributed by atoms with Crippen molar-refractivity contribution in [1.82, 2.24) is 14.9 Å².